The molecule has 0 aliphatic carbocycles. The van der Waals surface area contributed by atoms with Crippen molar-refractivity contribution in [1.82, 2.24) is 10.6 Å². The third kappa shape index (κ3) is 18.8. The highest BCUT2D eigenvalue weighted by molar-refractivity contribution is 7.48. The fourth-order valence-corrected chi connectivity index (χ4v) is 9.72. The maximum Gasteiger partial charge on any atom is 0.530 e. The summed E-state index contributed by atoms with van der Waals surface area (Å²) < 4.78 is 63.6. The summed E-state index contributed by atoms with van der Waals surface area (Å²) in [7, 11) is -4.40. The molecule has 9 aromatic carbocycles. The zero-order valence-corrected chi connectivity index (χ0v) is 46.4. The quantitative estimate of drug-likeness (QED) is 0.0337. The number of ether oxygens (including phenoxy) is 5. The summed E-state index contributed by atoms with van der Waals surface area (Å²) in [6.07, 6.45) is -1.07. The zero-order valence-electron chi connectivity index (χ0n) is 45.5. The van der Waals surface area contributed by atoms with Crippen LogP contribution in [0.5, 0.6) is 23.0 Å². The minimum absolute atomic E-state index is 0.0308. The molecule has 422 valence electrons. The number of nitrogens with one attached hydrogen (secondary N) is 2. The van der Waals surface area contributed by atoms with Crippen LogP contribution in [0, 0.1) is 0 Å². The predicted molar refractivity (Wildman–Crippen MR) is 315 cm³/mol. The van der Waals surface area contributed by atoms with E-state index >= 15 is 0 Å². The molecule has 0 spiro atoms. The highest BCUT2D eigenvalue weighted by Crippen LogP contribution is 2.53. The number of phosphoric acid groups is 1. The van der Waals surface area contributed by atoms with Crippen LogP contribution in [-0.4, -0.2) is 30.1 Å². The largest absolute Gasteiger partial charge is 0.530 e. The van der Waals surface area contributed by atoms with Gasteiger partial charge in [-0.15, -0.1) is 0 Å². The monoisotopic (exact) mass is 1130 g/mol. The van der Waals surface area contributed by atoms with Gasteiger partial charge in [-0.1, -0.05) is 224 Å². The van der Waals surface area contributed by atoms with Gasteiger partial charge in [-0.25, -0.2) is 14.2 Å². The molecular weight excluding hydrogens is 1070 g/mol. The Morgan fingerprint density at radius 1 is 0.337 bits per heavy atom. The predicted octanol–water partition coefficient (Wildman–Crippen LogP) is 13.7. The summed E-state index contributed by atoms with van der Waals surface area (Å²) in [5, 5.41) is 5.68. The highest BCUT2D eigenvalue weighted by atomic mass is 31.2. The molecule has 15 heteroatoms. The summed E-state index contributed by atoms with van der Waals surface area (Å²) in [6, 6.07) is 73.1. The second-order valence-electron chi connectivity index (χ2n) is 19.3. The standard InChI is InChI=1S/C68H63N2O12P/c71-66(60(70-68(73)79-48-55-30-16-5-17-31-55)40-58-36-38-62(75-44-51-22-8-1-9-23-51)64(42-58)76-45-52-24-10-2-11-25-52)69-61(67(72)78-47-54-28-14-4-15-29-54)41-59-37-39-63(65(43-59)77-46-53-26-12-3-13-27-53)82-83(74,80-49-56-32-18-6-19-33-56)81-50-57-34-20-7-21-35-57/h1-39,42-43,60-61H,40-41,44-50H2,(H,69,71)(H,70,73)/t60-,61-/m0/s1. The van der Waals surface area contributed by atoms with Crippen LogP contribution in [0.25, 0.3) is 0 Å². The van der Waals surface area contributed by atoms with E-state index in [1.165, 1.54) is 0 Å². The van der Waals surface area contributed by atoms with E-state index in [-0.39, 0.29) is 70.6 Å². The average molecular weight is 1130 g/mol. The number of carbonyl (C=O) groups excluding carboxylic acids is 3. The van der Waals surface area contributed by atoms with Gasteiger partial charge in [-0.2, -0.15) is 0 Å². The Balaban J connectivity index is 1.01. The minimum Gasteiger partial charge on any atom is -0.485 e. The van der Waals surface area contributed by atoms with E-state index < -0.39 is 37.9 Å². The van der Waals surface area contributed by atoms with E-state index in [2.05, 4.69) is 10.6 Å². The molecule has 83 heavy (non-hydrogen) atoms. The molecule has 2 amide bonds. The van der Waals surface area contributed by atoms with Gasteiger partial charge in [-0.3, -0.25) is 13.8 Å². The molecule has 0 saturated carbocycles. The third-order valence-electron chi connectivity index (χ3n) is 12.9. The molecule has 0 aliphatic rings. The van der Waals surface area contributed by atoms with Crippen LogP contribution in [0.1, 0.15) is 50.1 Å². The normalized spacial score (nSPS) is 11.8. The first kappa shape index (κ1) is 58.2. The lowest BCUT2D eigenvalue weighted by molar-refractivity contribution is -0.149. The molecule has 9 rings (SSSR count). The van der Waals surface area contributed by atoms with Gasteiger partial charge in [0.05, 0.1) is 13.2 Å². The van der Waals surface area contributed by atoms with Crippen molar-refractivity contribution in [3.05, 3.63) is 299 Å². The van der Waals surface area contributed by atoms with Crippen LogP contribution in [0.15, 0.2) is 249 Å². The number of benzene rings is 9. The molecule has 0 bridgehead atoms. The molecular formula is C68H63N2O12P. The average Bonchev–Trinajstić information content (AvgIpc) is 3.65. The van der Waals surface area contributed by atoms with Crippen LogP contribution in [0.4, 0.5) is 4.79 Å². The summed E-state index contributed by atoms with van der Waals surface area (Å²) >= 11 is 0. The number of carbonyl (C=O) groups is 3. The van der Waals surface area contributed by atoms with Gasteiger partial charge < -0.3 is 38.8 Å². The lowest BCUT2D eigenvalue weighted by Gasteiger charge is -2.24. The van der Waals surface area contributed by atoms with Crippen molar-refractivity contribution in [2.75, 3.05) is 0 Å². The molecule has 2 atom stereocenters. The molecule has 0 saturated heterocycles. The Morgan fingerprint density at radius 3 is 1.10 bits per heavy atom. The summed E-state index contributed by atoms with van der Waals surface area (Å²) in [5.41, 5.74) is 6.74. The molecule has 0 unspecified atom stereocenters. The van der Waals surface area contributed by atoms with E-state index in [1.807, 2.05) is 212 Å². The molecule has 0 aliphatic heterocycles. The number of rotatable bonds is 29. The number of alkyl carbamates (subject to hydrolysis) is 1. The Kier molecular flexibility index (Phi) is 21.3. The molecule has 0 aromatic heterocycles. The van der Waals surface area contributed by atoms with Gasteiger partial charge in [0.25, 0.3) is 0 Å². The molecule has 0 heterocycles. The number of amides is 2. The topological polar surface area (TPSA) is 166 Å². The third-order valence-corrected chi connectivity index (χ3v) is 14.2. The van der Waals surface area contributed by atoms with E-state index in [1.54, 1.807) is 36.4 Å². The Bertz CT molecular complexity index is 3450. The first-order valence-electron chi connectivity index (χ1n) is 27.1. The lowest BCUT2D eigenvalue weighted by Crippen LogP contribution is -2.53. The minimum atomic E-state index is -4.40. The molecule has 0 radical (unpaired) electrons. The number of hydrogen-bond donors (Lipinski definition) is 2. The van der Waals surface area contributed by atoms with Crippen molar-refractivity contribution in [3.63, 3.8) is 0 Å². The Hall–Kier alpha value is -9.46. The van der Waals surface area contributed by atoms with Crippen molar-refractivity contribution in [2.24, 2.45) is 0 Å². The fraction of sp³-hybridized carbons (Fsp3) is 0.162. The van der Waals surface area contributed by atoms with E-state index in [9.17, 15) is 18.9 Å². The number of phosphoric ester groups is 1. The molecule has 9 aromatic rings. The summed E-state index contributed by atoms with van der Waals surface area (Å²) in [6.45, 7) is 0.236. The SMILES string of the molecule is O=C(N[C@@H](Cc1ccc(OCc2ccccc2)c(OCc2ccccc2)c1)C(=O)N[C@@H](Cc1ccc(OP(=O)(OCc2ccccc2)OCc2ccccc2)c(OCc2ccccc2)c1)C(=O)OCc1ccccc1)OCc1ccccc1. The maximum absolute atomic E-state index is 15.0. The zero-order chi connectivity index (χ0) is 57.3. The van der Waals surface area contributed by atoms with Gasteiger partial charge >= 0.3 is 19.9 Å². The van der Waals surface area contributed by atoms with Gasteiger partial charge in [0, 0.05) is 12.8 Å². The van der Waals surface area contributed by atoms with Crippen molar-refractivity contribution < 1.29 is 56.2 Å². The van der Waals surface area contributed by atoms with Crippen LogP contribution < -0.4 is 29.4 Å². The van der Waals surface area contributed by atoms with Crippen molar-refractivity contribution in [1.29, 1.82) is 0 Å². The van der Waals surface area contributed by atoms with Crippen LogP contribution >= 0.6 is 7.82 Å². The number of esters is 1. The van der Waals surface area contributed by atoms with Gasteiger partial charge in [0.1, 0.15) is 45.1 Å². The van der Waals surface area contributed by atoms with E-state index in [0.717, 1.165) is 38.9 Å². The molecule has 2 N–H and O–H groups in total. The second kappa shape index (κ2) is 30.4. The smallest absolute Gasteiger partial charge is 0.485 e. The van der Waals surface area contributed by atoms with Crippen LogP contribution in [0.2, 0.25) is 0 Å². The molecule has 14 nitrogen and oxygen atoms in total. The van der Waals surface area contributed by atoms with E-state index in [4.69, 9.17) is 37.3 Å². The molecule has 0 fully saturated rings. The van der Waals surface area contributed by atoms with Crippen molar-refractivity contribution >= 4 is 25.8 Å². The lowest BCUT2D eigenvalue weighted by atomic mass is 10.0. The highest BCUT2D eigenvalue weighted by Gasteiger charge is 2.33. The Labute approximate surface area is 483 Å². The first-order valence-corrected chi connectivity index (χ1v) is 28.6. The van der Waals surface area contributed by atoms with Gasteiger partial charge in [0.2, 0.25) is 5.91 Å². The van der Waals surface area contributed by atoms with Crippen molar-refractivity contribution in [2.45, 2.75) is 71.2 Å². The van der Waals surface area contributed by atoms with Crippen LogP contribution in [-0.2, 0) is 91.8 Å². The van der Waals surface area contributed by atoms with Gasteiger partial charge in [0.15, 0.2) is 23.0 Å². The van der Waals surface area contributed by atoms with Crippen molar-refractivity contribution in [3.8, 4) is 23.0 Å². The summed E-state index contributed by atoms with van der Waals surface area (Å²) in [5.74, 6) is -0.422. The second-order valence-corrected chi connectivity index (χ2v) is 20.9. The number of hydrogen-bond acceptors (Lipinski definition) is 12. The maximum atomic E-state index is 15.0. The first-order chi connectivity index (χ1) is 40.7. The van der Waals surface area contributed by atoms with Crippen LogP contribution in [0.3, 0.4) is 0 Å². The summed E-state index contributed by atoms with van der Waals surface area (Å²) in [4.78, 5) is 43.2. The van der Waals surface area contributed by atoms with Gasteiger partial charge in [-0.05, 0) is 74.3 Å². The van der Waals surface area contributed by atoms with E-state index in [0.29, 0.717) is 22.6 Å². The Morgan fingerprint density at radius 2 is 0.675 bits per heavy atom. The fourth-order valence-electron chi connectivity index (χ4n) is 8.53.